The van der Waals surface area contributed by atoms with E-state index in [0.29, 0.717) is 0 Å². The van der Waals surface area contributed by atoms with E-state index >= 15 is 0 Å². The summed E-state index contributed by atoms with van der Waals surface area (Å²) in [6.07, 6.45) is 6.63. The molecule has 2 rings (SSSR count). The number of aromatic nitrogens is 3. The molecule has 0 aliphatic rings. The quantitative estimate of drug-likeness (QED) is 0.771. The number of hydrogen-bond donors (Lipinski definition) is 1. The van der Waals surface area contributed by atoms with E-state index in [-0.39, 0.29) is 0 Å². The van der Waals surface area contributed by atoms with Gasteiger partial charge in [0, 0.05) is 0 Å². The van der Waals surface area contributed by atoms with Gasteiger partial charge in [0.15, 0.2) is 0 Å². The summed E-state index contributed by atoms with van der Waals surface area (Å²) in [7, 11) is 0. The minimum absolute atomic E-state index is 0.764. The highest BCUT2D eigenvalue weighted by molar-refractivity contribution is 5.33. The van der Waals surface area contributed by atoms with Crippen molar-refractivity contribution >= 4 is 0 Å². The summed E-state index contributed by atoms with van der Waals surface area (Å²) in [5, 5.41) is 8.22. The van der Waals surface area contributed by atoms with Gasteiger partial charge in [-0.25, -0.2) is 0 Å². The van der Waals surface area contributed by atoms with Crippen LogP contribution in [0.3, 0.4) is 0 Å². The molecule has 84 valence electrons. The maximum atomic E-state index is 5.48. The molecule has 2 aromatic rings. The second-order valence-corrected chi connectivity index (χ2v) is 3.73. The molecule has 0 aliphatic heterocycles. The molecule has 0 fully saturated rings. The number of benzene rings is 1. The molecule has 1 heterocycles. The van der Waals surface area contributed by atoms with Crippen LogP contribution in [-0.4, -0.2) is 21.5 Å². The molecule has 0 bridgehead atoms. The highest BCUT2D eigenvalue weighted by Gasteiger charge is 1.99. The second kappa shape index (κ2) is 5.42. The van der Waals surface area contributed by atoms with E-state index in [1.165, 1.54) is 5.56 Å². The fourth-order valence-electron chi connectivity index (χ4n) is 1.66. The van der Waals surface area contributed by atoms with Gasteiger partial charge in [-0.2, -0.15) is 15.0 Å². The van der Waals surface area contributed by atoms with E-state index in [1.54, 1.807) is 17.2 Å². The third-order valence-corrected chi connectivity index (χ3v) is 2.48. The molecule has 16 heavy (non-hydrogen) atoms. The molecule has 1 aromatic carbocycles. The number of unbranched alkanes of at least 4 members (excludes halogenated alkanes) is 1. The smallest absolute Gasteiger partial charge is 0.0859 e. The molecular formula is C12H16N4. The average Bonchev–Trinajstić information content (AvgIpc) is 2.83. The standard InChI is InChI=1S/C12H16N4/c13-7-2-1-4-11-5-3-6-12(10-11)16-14-8-9-15-16/h3,5-6,8-10H,1-2,4,7,13H2. The highest BCUT2D eigenvalue weighted by Crippen LogP contribution is 2.10. The summed E-state index contributed by atoms with van der Waals surface area (Å²) in [4.78, 5) is 1.63. The molecule has 0 amide bonds. The van der Waals surface area contributed by atoms with Crippen LogP contribution in [0, 0.1) is 0 Å². The van der Waals surface area contributed by atoms with Crippen LogP contribution >= 0.6 is 0 Å². The molecule has 0 saturated carbocycles. The van der Waals surface area contributed by atoms with Gasteiger partial charge in [0.2, 0.25) is 0 Å². The van der Waals surface area contributed by atoms with Gasteiger partial charge in [0.05, 0.1) is 18.1 Å². The highest BCUT2D eigenvalue weighted by atomic mass is 15.5. The van der Waals surface area contributed by atoms with Gasteiger partial charge in [0.1, 0.15) is 0 Å². The van der Waals surface area contributed by atoms with Crippen LogP contribution in [0.2, 0.25) is 0 Å². The Morgan fingerprint density at radius 3 is 2.69 bits per heavy atom. The largest absolute Gasteiger partial charge is 0.330 e. The van der Waals surface area contributed by atoms with Crippen LogP contribution in [0.1, 0.15) is 18.4 Å². The van der Waals surface area contributed by atoms with Crippen molar-refractivity contribution in [3.05, 3.63) is 42.2 Å². The van der Waals surface area contributed by atoms with Gasteiger partial charge >= 0.3 is 0 Å². The van der Waals surface area contributed by atoms with Crippen LogP contribution < -0.4 is 5.73 Å². The van der Waals surface area contributed by atoms with Gasteiger partial charge in [-0.15, -0.1) is 0 Å². The zero-order valence-corrected chi connectivity index (χ0v) is 9.21. The number of aryl methyl sites for hydroxylation is 1. The molecule has 0 radical (unpaired) electrons. The molecule has 0 unspecified atom stereocenters. The second-order valence-electron chi connectivity index (χ2n) is 3.73. The fourth-order valence-corrected chi connectivity index (χ4v) is 1.66. The summed E-state index contributed by atoms with van der Waals surface area (Å²) in [6, 6.07) is 8.29. The molecule has 0 atom stereocenters. The normalized spacial score (nSPS) is 10.6. The van der Waals surface area contributed by atoms with E-state index in [2.05, 4.69) is 22.3 Å². The van der Waals surface area contributed by atoms with Crippen LogP contribution in [0.5, 0.6) is 0 Å². The minimum atomic E-state index is 0.764. The predicted molar refractivity (Wildman–Crippen MR) is 63.4 cm³/mol. The monoisotopic (exact) mass is 216 g/mol. The lowest BCUT2D eigenvalue weighted by atomic mass is 10.1. The minimum Gasteiger partial charge on any atom is -0.330 e. The van der Waals surface area contributed by atoms with Gasteiger partial charge in [-0.3, -0.25) is 0 Å². The molecule has 0 spiro atoms. The summed E-state index contributed by atoms with van der Waals surface area (Å²) in [5.74, 6) is 0. The van der Waals surface area contributed by atoms with Crippen molar-refractivity contribution in [2.75, 3.05) is 6.54 Å². The topological polar surface area (TPSA) is 56.7 Å². The first-order valence-corrected chi connectivity index (χ1v) is 5.56. The number of nitrogens with two attached hydrogens (primary N) is 1. The molecule has 1 aromatic heterocycles. The number of hydrogen-bond acceptors (Lipinski definition) is 3. The fraction of sp³-hybridized carbons (Fsp3) is 0.333. The zero-order chi connectivity index (χ0) is 11.2. The van der Waals surface area contributed by atoms with Crippen molar-refractivity contribution in [2.24, 2.45) is 5.73 Å². The van der Waals surface area contributed by atoms with E-state index < -0.39 is 0 Å². The predicted octanol–water partition coefficient (Wildman–Crippen LogP) is 1.55. The lowest BCUT2D eigenvalue weighted by molar-refractivity contribution is 0.734. The Morgan fingerprint density at radius 1 is 1.12 bits per heavy atom. The first-order chi connectivity index (χ1) is 7.90. The summed E-state index contributed by atoms with van der Waals surface area (Å²) < 4.78 is 0. The van der Waals surface area contributed by atoms with Crippen LogP contribution in [-0.2, 0) is 6.42 Å². The Balaban J connectivity index is 2.08. The third kappa shape index (κ3) is 2.67. The molecule has 2 N–H and O–H groups in total. The van der Waals surface area contributed by atoms with Crippen molar-refractivity contribution in [2.45, 2.75) is 19.3 Å². The van der Waals surface area contributed by atoms with E-state index in [1.807, 2.05) is 12.1 Å². The van der Waals surface area contributed by atoms with Crippen LogP contribution in [0.4, 0.5) is 0 Å². The molecule has 0 saturated heterocycles. The SMILES string of the molecule is NCCCCc1cccc(-n2nccn2)c1. The lowest BCUT2D eigenvalue weighted by Crippen LogP contribution is -2.01. The summed E-state index contributed by atoms with van der Waals surface area (Å²) in [5.41, 5.74) is 7.79. The van der Waals surface area contributed by atoms with E-state index in [9.17, 15) is 0 Å². The maximum Gasteiger partial charge on any atom is 0.0859 e. The lowest BCUT2D eigenvalue weighted by Gasteiger charge is -2.04. The van der Waals surface area contributed by atoms with E-state index in [4.69, 9.17) is 5.73 Å². The Labute approximate surface area is 95.1 Å². The zero-order valence-electron chi connectivity index (χ0n) is 9.21. The maximum absolute atomic E-state index is 5.48. The van der Waals surface area contributed by atoms with Crippen molar-refractivity contribution in [1.29, 1.82) is 0 Å². The summed E-state index contributed by atoms with van der Waals surface area (Å²) >= 11 is 0. The van der Waals surface area contributed by atoms with Crippen LogP contribution in [0.25, 0.3) is 5.69 Å². The Kier molecular flexibility index (Phi) is 3.66. The van der Waals surface area contributed by atoms with E-state index in [0.717, 1.165) is 31.5 Å². The van der Waals surface area contributed by atoms with Gasteiger partial charge in [0.25, 0.3) is 0 Å². The molecular weight excluding hydrogens is 200 g/mol. The molecule has 4 heteroatoms. The molecule has 0 aliphatic carbocycles. The van der Waals surface area contributed by atoms with Gasteiger partial charge in [-0.05, 0) is 43.5 Å². The Hall–Kier alpha value is -1.68. The Bertz CT molecular complexity index is 422. The number of nitrogens with zero attached hydrogens (tertiary/aromatic N) is 3. The first-order valence-electron chi connectivity index (χ1n) is 5.56. The van der Waals surface area contributed by atoms with Crippen molar-refractivity contribution in [3.63, 3.8) is 0 Å². The summed E-state index contributed by atoms with van der Waals surface area (Å²) in [6.45, 7) is 0.764. The first kappa shape index (κ1) is 10.8. The van der Waals surface area contributed by atoms with Crippen molar-refractivity contribution < 1.29 is 0 Å². The number of rotatable bonds is 5. The Morgan fingerprint density at radius 2 is 1.94 bits per heavy atom. The third-order valence-electron chi connectivity index (χ3n) is 2.48. The van der Waals surface area contributed by atoms with Crippen LogP contribution in [0.15, 0.2) is 36.7 Å². The van der Waals surface area contributed by atoms with Gasteiger partial charge in [-0.1, -0.05) is 12.1 Å². The molecule has 4 nitrogen and oxygen atoms in total. The van der Waals surface area contributed by atoms with Gasteiger partial charge < -0.3 is 5.73 Å². The average molecular weight is 216 g/mol. The van der Waals surface area contributed by atoms with Crippen molar-refractivity contribution in [1.82, 2.24) is 15.0 Å². The van der Waals surface area contributed by atoms with Crippen molar-refractivity contribution in [3.8, 4) is 5.69 Å².